The monoisotopic (exact) mass is 464 g/mol. The summed E-state index contributed by atoms with van der Waals surface area (Å²) in [5.41, 5.74) is 6.43. The molecule has 0 aromatic carbocycles. The van der Waals surface area contributed by atoms with Crippen molar-refractivity contribution in [3.05, 3.63) is 28.8 Å². The third kappa shape index (κ3) is 3.93. The Morgan fingerprint density at radius 3 is 2.78 bits per heavy atom. The number of aliphatic hydroxyl groups excluding tert-OH is 1. The summed E-state index contributed by atoms with van der Waals surface area (Å²) in [4.78, 5) is 37.7. The van der Waals surface area contributed by atoms with Crippen LogP contribution in [0.2, 0.25) is 0 Å². The van der Waals surface area contributed by atoms with Gasteiger partial charge in [0.2, 0.25) is 12.2 Å². The van der Waals surface area contributed by atoms with Crippen LogP contribution in [0.4, 0.5) is 0 Å². The lowest BCUT2D eigenvalue weighted by Crippen LogP contribution is -2.63. The number of carbonyl (C=O) groups is 3. The topological polar surface area (TPSA) is 142 Å². The van der Waals surface area contributed by atoms with Crippen molar-refractivity contribution in [3.8, 4) is 0 Å². The summed E-state index contributed by atoms with van der Waals surface area (Å²) in [5, 5.41) is 23.5. The highest BCUT2D eigenvalue weighted by Gasteiger charge is 2.60. The molecule has 0 saturated carbocycles. The number of fused-ring (bicyclic) bond motifs is 1. The van der Waals surface area contributed by atoms with Gasteiger partial charge in [-0.25, -0.2) is 13.9 Å². The maximum Gasteiger partial charge on any atom is 0.353 e. The molecule has 1 aromatic rings. The standard InChI is InChI=1S/C21H29N5O5S/c1-10-17-16(11(2)27)20(29)26(17)18(21(30)31)19(10)32-14-5-12(23-6-14)4-13-7-25(8-15(22)28)9-24(13)3/h7,9-12,14,16-17,23,27H,4-6,8H2,1-3H3,(H2-,22,28,30,31)/p+1/t10-,11-,12-,14+,16-,17-/m1/s1. The van der Waals surface area contributed by atoms with Crippen LogP contribution in [-0.2, 0) is 34.4 Å². The largest absolute Gasteiger partial charge is 0.477 e. The number of imidazole rings is 1. The number of aromatic nitrogens is 2. The molecule has 4 rings (SSSR count). The quantitative estimate of drug-likeness (QED) is 0.284. The van der Waals surface area contributed by atoms with E-state index in [4.69, 9.17) is 5.73 Å². The average molecular weight is 465 g/mol. The number of thioether (sulfide) groups is 1. The summed E-state index contributed by atoms with van der Waals surface area (Å²) in [7, 11) is 1.93. The number of primary amides is 1. The molecule has 10 nitrogen and oxygen atoms in total. The zero-order chi connectivity index (χ0) is 23.3. The second-order valence-electron chi connectivity index (χ2n) is 9.04. The number of nitrogens with two attached hydrogens (primary N) is 1. The van der Waals surface area contributed by atoms with Gasteiger partial charge in [-0.3, -0.25) is 9.59 Å². The van der Waals surface area contributed by atoms with E-state index in [1.54, 1.807) is 23.3 Å². The van der Waals surface area contributed by atoms with Crippen LogP contribution in [0.1, 0.15) is 26.0 Å². The zero-order valence-electron chi connectivity index (χ0n) is 18.4. The first-order valence-corrected chi connectivity index (χ1v) is 11.7. The Morgan fingerprint density at radius 2 is 2.16 bits per heavy atom. The van der Waals surface area contributed by atoms with Crippen molar-refractivity contribution >= 4 is 29.5 Å². The van der Waals surface area contributed by atoms with Crippen LogP contribution in [0.5, 0.6) is 0 Å². The SMILES string of the molecule is C[C@@H](O)[C@H]1C(=O)N2C(C(=O)O)=C(S[C@@H]3CN[C@H](Cc4c[n+](CC(N)=O)cn4C)C3)[C@H](C)[C@H]12. The summed E-state index contributed by atoms with van der Waals surface area (Å²) in [6.07, 6.45) is 4.59. The van der Waals surface area contributed by atoms with Gasteiger partial charge in [0.05, 0.1) is 25.1 Å². The molecule has 3 aliphatic heterocycles. The molecule has 3 aliphatic rings. The van der Waals surface area contributed by atoms with E-state index < -0.39 is 23.9 Å². The molecule has 2 saturated heterocycles. The summed E-state index contributed by atoms with van der Waals surface area (Å²) in [5.74, 6) is -2.46. The van der Waals surface area contributed by atoms with Crippen LogP contribution in [-0.4, -0.2) is 67.4 Å². The summed E-state index contributed by atoms with van der Waals surface area (Å²) < 4.78 is 3.74. The molecule has 32 heavy (non-hydrogen) atoms. The number of aliphatic hydroxyl groups is 1. The van der Waals surface area contributed by atoms with Crippen LogP contribution in [0.15, 0.2) is 23.1 Å². The van der Waals surface area contributed by atoms with Crippen molar-refractivity contribution in [1.29, 1.82) is 0 Å². The van der Waals surface area contributed by atoms with Crippen molar-refractivity contribution in [2.75, 3.05) is 6.54 Å². The molecule has 0 aliphatic carbocycles. The van der Waals surface area contributed by atoms with Crippen LogP contribution in [0.3, 0.4) is 0 Å². The molecule has 2 fully saturated rings. The summed E-state index contributed by atoms with van der Waals surface area (Å²) in [6, 6.07) is -0.0667. The minimum absolute atomic E-state index is 0.0766. The Morgan fingerprint density at radius 1 is 1.44 bits per heavy atom. The van der Waals surface area contributed by atoms with Gasteiger partial charge in [-0.2, -0.15) is 0 Å². The number of aliphatic carboxylic acids is 1. The molecule has 6 atom stereocenters. The van der Waals surface area contributed by atoms with Crippen molar-refractivity contribution in [2.45, 2.75) is 56.7 Å². The van der Waals surface area contributed by atoms with Crippen molar-refractivity contribution in [3.63, 3.8) is 0 Å². The number of carboxylic acid groups (broad SMARTS) is 1. The molecule has 0 unspecified atom stereocenters. The van der Waals surface area contributed by atoms with Crippen LogP contribution in [0, 0.1) is 11.8 Å². The van der Waals surface area contributed by atoms with Gasteiger partial charge >= 0.3 is 5.97 Å². The maximum atomic E-state index is 12.5. The highest BCUT2D eigenvalue weighted by Crippen LogP contribution is 2.51. The highest BCUT2D eigenvalue weighted by atomic mass is 32.2. The van der Waals surface area contributed by atoms with E-state index in [1.165, 1.54) is 4.90 Å². The van der Waals surface area contributed by atoms with E-state index >= 15 is 0 Å². The molecule has 0 spiro atoms. The Bertz CT molecular complexity index is 989. The second-order valence-corrected chi connectivity index (χ2v) is 10.4. The molecule has 5 N–H and O–H groups in total. The van der Waals surface area contributed by atoms with Gasteiger partial charge in [0.15, 0.2) is 6.54 Å². The number of nitrogens with zero attached hydrogens (tertiary/aromatic N) is 3. The minimum Gasteiger partial charge on any atom is -0.477 e. The number of β-lactam (4-membered cyclic amide) rings is 1. The molecule has 0 radical (unpaired) electrons. The number of hydrogen-bond acceptors (Lipinski definition) is 6. The van der Waals surface area contributed by atoms with Gasteiger partial charge in [0.25, 0.3) is 5.91 Å². The summed E-state index contributed by atoms with van der Waals surface area (Å²) in [6.45, 7) is 4.40. The van der Waals surface area contributed by atoms with E-state index in [9.17, 15) is 24.6 Å². The Labute approximate surface area is 190 Å². The minimum atomic E-state index is -1.09. The molecular formula is C21H30N5O5S+. The Hall–Kier alpha value is -2.37. The first kappa shape index (κ1) is 22.8. The fraction of sp³-hybridized carbons (Fsp3) is 0.619. The highest BCUT2D eigenvalue weighted by molar-refractivity contribution is 8.03. The van der Waals surface area contributed by atoms with Gasteiger partial charge in [-0.05, 0) is 13.3 Å². The molecule has 4 heterocycles. The third-order valence-corrected chi connectivity index (χ3v) is 8.18. The molecular weight excluding hydrogens is 434 g/mol. The molecule has 174 valence electrons. The fourth-order valence-electron chi connectivity index (χ4n) is 5.21. The molecule has 1 aromatic heterocycles. The first-order valence-electron chi connectivity index (χ1n) is 10.8. The number of carboxylic acids is 1. The third-order valence-electron chi connectivity index (χ3n) is 6.67. The number of nitrogens with one attached hydrogen (secondary N) is 1. The lowest BCUT2D eigenvalue weighted by atomic mass is 9.79. The molecule has 2 amide bonds. The predicted molar refractivity (Wildman–Crippen MR) is 116 cm³/mol. The number of carbonyl (C=O) groups excluding carboxylic acids is 2. The normalized spacial score (nSPS) is 30.4. The van der Waals surface area contributed by atoms with Crippen LogP contribution < -0.4 is 15.6 Å². The Kier molecular flexibility index (Phi) is 6.08. The van der Waals surface area contributed by atoms with Gasteiger partial charge in [0.1, 0.15) is 17.6 Å². The van der Waals surface area contributed by atoms with Crippen molar-refractivity contribution < 1.29 is 29.2 Å². The van der Waals surface area contributed by atoms with Gasteiger partial charge < -0.3 is 26.2 Å². The van der Waals surface area contributed by atoms with E-state index in [2.05, 4.69) is 5.32 Å². The lowest BCUT2D eigenvalue weighted by Gasteiger charge is -2.46. The Balaban J connectivity index is 1.43. The second kappa shape index (κ2) is 8.53. The van der Waals surface area contributed by atoms with Gasteiger partial charge in [-0.15, -0.1) is 11.8 Å². The number of rotatable bonds is 8. The lowest BCUT2D eigenvalue weighted by molar-refractivity contribution is -0.683. The van der Waals surface area contributed by atoms with Crippen molar-refractivity contribution in [2.24, 2.45) is 24.6 Å². The predicted octanol–water partition coefficient (Wildman–Crippen LogP) is -1.04. The molecule has 0 bridgehead atoms. The van der Waals surface area contributed by atoms with E-state index in [1.807, 2.05) is 31.1 Å². The van der Waals surface area contributed by atoms with E-state index in [0.717, 1.165) is 30.0 Å². The average Bonchev–Trinajstić information content (AvgIpc) is 3.32. The smallest absolute Gasteiger partial charge is 0.353 e. The summed E-state index contributed by atoms with van der Waals surface area (Å²) >= 11 is 1.54. The van der Waals surface area contributed by atoms with E-state index in [0.29, 0.717) is 0 Å². The van der Waals surface area contributed by atoms with Crippen LogP contribution in [0.25, 0.3) is 0 Å². The first-order chi connectivity index (χ1) is 15.1. The zero-order valence-corrected chi connectivity index (χ0v) is 19.2. The maximum absolute atomic E-state index is 12.5. The van der Waals surface area contributed by atoms with Gasteiger partial charge in [0, 0.05) is 35.1 Å². The van der Waals surface area contributed by atoms with E-state index in [-0.39, 0.29) is 41.4 Å². The number of aryl methyl sites for hydroxylation is 1. The van der Waals surface area contributed by atoms with Crippen LogP contribution >= 0.6 is 11.8 Å². The number of hydrogen-bond donors (Lipinski definition) is 4. The van der Waals surface area contributed by atoms with Gasteiger partial charge in [-0.1, -0.05) is 6.92 Å². The fourth-order valence-corrected chi connectivity index (χ4v) is 6.73. The molecule has 11 heteroatoms. The number of amides is 2. The van der Waals surface area contributed by atoms with Crippen molar-refractivity contribution in [1.82, 2.24) is 14.8 Å².